The quantitative estimate of drug-likeness (QED) is 0.235. The maximum Gasteiger partial charge on any atom is 0.147 e. The Kier molecular flexibility index (Phi) is 2.37. The molecule has 0 aliphatic rings. The maximum absolute atomic E-state index is 6.47. The Balaban J connectivity index is 2.16. The minimum atomic E-state index is 0.613. The summed E-state index contributed by atoms with van der Waals surface area (Å²) in [5.41, 5.74) is 0.997. The molecule has 21 heavy (non-hydrogen) atoms. The lowest BCUT2D eigenvalue weighted by molar-refractivity contribution is 1.47. The largest absolute Gasteiger partial charge is 0.234 e. The van der Waals surface area contributed by atoms with Gasteiger partial charge in [-0.25, -0.2) is 4.98 Å². The summed E-state index contributed by atoms with van der Waals surface area (Å²) in [6.45, 7) is 0. The van der Waals surface area contributed by atoms with Crippen LogP contribution < -0.4 is 0 Å². The van der Waals surface area contributed by atoms with E-state index in [1.165, 1.54) is 25.6 Å². The second-order valence-electron chi connectivity index (χ2n) is 5.01. The lowest BCUT2D eigenvalue weighted by atomic mass is 10.0. The molecule has 0 fully saturated rings. The Morgan fingerprint density at radius 3 is 2.76 bits per heavy atom. The molecule has 3 heterocycles. The van der Waals surface area contributed by atoms with Crippen molar-refractivity contribution in [2.45, 2.75) is 0 Å². The van der Waals surface area contributed by atoms with E-state index in [-0.39, 0.29) is 0 Å². The molecule has 0 radical (unpaired) electrons. The molecule has 5 rings (SSSR count). The highest BCUT2D eigenvalue weighted by molar-refractivity contribution is 7.41. The fourth-order valence-electron chi connectivity index (χ4n) is 2.96. The summed E-state index contributed by atoms with van der Waals surface area (Å²) < 4.78 is 2.41. The number of aromatic nitrogens is 1. The summed E-state index contributed by atoms with van der Waals surface area (Å²) in [7, 11) is 0. The number of fused-ring (bicyclic) bond motifs is 7. The van der Waals surface area contributed by atoms with Gasteiger partial charge in [0.1, 0.15) is 5.15 Å². The minimum Gasteiger partial charge on any atom is -0.234 e. The molecule has 0 bridgehead atoms. The van der Waals surface area contributed by atoms with Crippen molar-refractivity contribution in [3.05, 3.63) is 53.0 Å². The van der Waals surface area contributed by atoms with Gasteiger partial charge in [-0.1, -0.05) is 48.0 Å². The van der Waals surface area contributed by atoms with Crippen LogP contribution in [0.25, 0.3) is 41.2 Å². The van der Waals surface area contributed by atoms with Gasteiger partial charge < -0.3 is 0 Å². The van der Waals surface area contributed by atoms with Gasteiger partial charge in [0, 0.05) is 21.5 Å². The van der Waals surface area contributed by atoms with Crippen LogP contribution in [0.1, 0.15) is 0 Å². The van der Waals surface area contributed by atoms with E-state index >= 15 is 0 Å². The van der Waals surface area contributed by atoms with Crippen LogP contribution >= 0.6 is 34.3 Å². The molecule has 100 valence electrons. The first kappa shape index (κ1) is 11.9. The van der Waals surface area contributed by atoms with Crippen molar-refractivity contribution in [2.75, 3.05) is 0 Å². The molecule has 0 atom stereocenters. The Morgan fingerprint density at radius 2 is 1.81 bits per heavy atom. The normalized spacial score (nSPS) is 12.0. The number of nitrogens with zero attached hydrogens (tertiary/aromatic N) is 1. The summed E-state index contributed by atoms with van der Waals surface area (Å²) in [5.74, 6) is 0. The zero-order valence-corrected chi connectivity index (χ0v) is 13.1. The van der Waals surface area contributed by atoms with Crippen LogP contribution in [0.5, 0.6) is 0 Å². The van der Waals surface area contributed by atoms with Gasteiger partial charge >= 0.3 is 0 Å². The molecule has 0 aliphatic heterocycles. The molecular formula is C17H8ClNS2. The predicted molar refractivity (Wildman–Crippen MR) is 95.0 cm³/mol. The molecule has 5 aromatic rings. The number of hydrogen-bond donors (Lipinski definition) is 0. The van der Waals surface area contributed by atoms with Gasteiger partial charge in [-0.05, 0) is 16.8 Å². The molecule has 0 spiro atoms. The highest BCUT2D eigenvalue weighted by Crippen LogP contribution is 2.44. The van der Waals surface area contributed by atoms with Crippen molar-refractivity contribution in [2.24, 2.45) is 0 Å². The van der Waals surface area contributed by atoms with E-state index in [1.54, 1.807) is 22.7 Å². The molecule has 0 saturated carbocycles. The molecule has 1 nitrogen and oxygen atoms in total. The third-order valence-electron chi connectivity index (χ3n) is 3.89. The number of halogens is 1. The highest BCUT2D eigenvalue weighted by Gasteiger charge is 2.15. The fraction of sp³-hybridized carbons (Fsp3) is 0. The zero-order chi connectivity index (χ0) is 14.0. The summed E-state index contributed by atoms with van der Waals surface area (Å²) in [6.07, 6.45) is 0. The molecular weight excluding hydrogens is 318 g/mol. The number of pyridine rings is 1. The molecule has 0 saturated heterocycles. The van der Waals surface area contributed by atoms with E-state index in [9.17, 15) is 0 Å². The molecule has 0 unspecified atom stereocenters. The first-order valence-electron chi connectivity index (χ1n) is 6.59. The maximum atomic E-state index is 6.47. The van der Waals surface area contributed by atoms with Gasteiger partial charge in [0.05, 0.1) is 14.2 Å². The molecule has 0 N–H and O–H groups in total. The highest BCUT2D eigenvalue weighted by atomic mass is 35.5. The average molecular weight is 326 g/mol. The molecule has 0 aliphatic carbocycles. The van der Waals surface area contributed by atoms with Gasteiger partial charge in [0.15, 0.2) is 0 Å². The lowest BCUT2D eigenvalue weighted by Gasteiger charge is -2.05. The number of rotatable bonds is 0. The third kappa shape index (κ3) is 1.54. The van der Waals surface area contributed by atoms with Gasteiger partial charge in [-0.3, -0.25) is 0 Å². The standard InChI is InChI=1S/C17H8ClNS2/c18-16-15-13(12-7-8-20-17(12)21-15)11-6-5-9-3-1-2-4-10(9)14(11)19-16/h1-8H. The lowest BCUT2D eigenvalue weighted by Crippen LogP contribution is -1.84. The second-order valence-corrected chi connectivity index (χ2v) is 7.57. The van der Waals surface area contributed by atoms with Gasteiger partial charge in [0.25, 0.3) is 0 Å². The van der Waals surface area contributed by atoms with Gasteiger partial charge in [0.2, 0.25) is 0 Å². The second kappa shape index (κ2) is 4.17. The van der Waals surface area contributed by atoms with E-state index < -0.39 is 0 Å². The first-order chi connectivity index (χ1) is 10.3. The van der Waals surface area contributed by atoms with E-state index in [1.807, 2.05) is 0 Å². The fourth-order valence-corrected chi connectivity index (χ4v) is 5.41. The van der Waals surface area contributed by atoms with Crippen molar-refractivity contribution < 1.29 is 0 Å². The van der Waals surface area contributed by atoms with Crippen molar-refractivity contribution >= 4 is 75.4 Å². The smallest absolute Gasteiger partial charge is 0.147 e. The first-order valence-corrected chi connectivity index (χ1v) is 8.67. The van der Waals surface area contributed by atoms with Gasteiger partial charge in [-0.2, -0.15) is 0 Å². The number of benzene rings is 2. The Bertz CT molecular complexity index is 1150. The van der Waals surface area contributed by atoms with Crippen LogP contribution in [0.2, 0.25) is 5.15 Å². The minimum absolute atomic E-state index is 0.613. The van der Waals surface area contributed by atoms with E-state index in [4.69, 9.17) is 11.6 Å². The summed E-state index contributed by atoms with van der Waals surface area (Å²) in [5, 5.41) is 8.85. The van der Waals surface area contributed by atoms with Crippen LogP contribution in [0.4, 0.5) is 0 Å². The Morgan fingerprint density at radius 1 is 0.905 bits per heavy atom. The Hall–Kier alpha value is -1.68. The van der Waals surface area contributed by atoms with Crippen LogP contribution in [0.15, 0.2) is 47.8 Å². The summed E-state index contributed by atoms with van der Waals surface area (Å²) in [6, 6.07) is 14.9. The molecule has 3 aromatic heterocycles. The van der Waals surface area contributed by atoms with Gasteiger partial charge in [-0.15, -0.1) is 22.7 Å². The monoisotopic (exact) mass is 325 g/mol. The predicted octanol–water partition coefficient (Wildman–Crippen LogP) is 6.47. The van der Waals surface area contributed by atoms with Crippen molar-refractivity contribution in [1.29, 1.82) is 0 Å². The van der Waals surface area contributed by atoms with Crippen LogP contribution in [0.3, 0.4) is 0 Å². The SMILES string of the molecule is Clc1nc2c3ccccc3ccc2c2c1sc1sccc12. The Labute approximate surface area is 133 Å². The van der Waals surface area contributed by atoms with Crippen molar-refractivity contribution in [3.63, 3.8) is 0 Å². The van der Waals surface area contributed by atoms with Crippen LogP contribution in [0, 0.1) is 0 Å². The topological polar surface area (TPSA) is 12.9 Å². The molecule has 0 amide bonds. The average Bonchev–Trinajstić information content (AvgIpc) is 3.08. The molecule has 4 heteroatoms. The number of thiophene rings is 2. The van der Waals surface area contributed by atoms with E-state index in [0.717, 1.165) is 15.6 Å². The van der Waals surface area contributed by atoms with Crippen molar-refractivity contribution in [3.8, 4) is 0 Å². The van der Waals surface area contributed by atoms with E-state index in [2.05, 4.69) is 52.8 Å². The van der Waals surface area contributed by atoms with E-state index in [0.29, 0.717) is 5.15 Å². The van der Waals surface area contributed by atoms with Crippen molar-refractivity contribution in [1.82, 2.24) is 4.98 Å². The third-order valence-corrected chi connectivity index (χ3v) is 6.53. The zero-order valence-electron chi connectivity index (χ0n) is 10.8. The van der Waals surface area contributed by atoms with Crippen LogP contribution in [-0.4, -0.2) is 4.98 Å². The molecule has 2 aromatic carbocycles. The van der Waals surface area contributed by atoms with Crippen LogP contribution in [-0.2, 0) is 0 Å². The summed E-state index contributed by atoms with van der Waals surface area (Å²) in [4.78, 5) is 4.69. The summed E-state index contributed by atoms with van der Waals surface area (Å²) >= 11 is 9.97. The number of hydrogen-bond acceptors (Lipinski definition) is 3.